The molecule has 1 aliphatic carbocycles. The number of fused-ring (bicyclic) bond motifs is 1. The lowest BCUT2D eigenvalue weighted by atomic mass is 9.74. The first kappa shape index (κ1) is 32.8. The minimum Gasteiger partial charge on any atom is -0.457 e. The maximum atomic E-state index is 14.7. The van der Waals surface area contributed by atoms with Gasteiger partial charge in [-0.15, -0.1) is 0 Å². The van der Waals surface area contributed by atoms with Crippen LogP contribution in [-0.4, -0.2) is 30.3 Å². The molecule has 48 heavy (non-hydrogen) atoms. The van der Waals surface area contributed by atoms with Gasteiger partial charge in [-0.05, 0) is 72.9 Å². The zero-order valence-electron chi connectivity index (χ0n) is 27.5. The van der Waals surface area contributed by atoms with Crippen LogP contribution >= 0.6 is 0 Å². The maximum absolute atomic E-state index is 14.7. The molecule has 2 aliphatic rings. The number of carbonyl (C=O) groups excluding carboxylic acids is 3. The van der Waals surface area contributed by atoms with E-state index in [-0.39, 0.29) is 24.9 Å². The molecular formula is C40H44N4O4. The van der Waals surface area contributed by atoms with E-state index in [9.17, 15) is 14.4 Å². The first-order chi connectivity index (χ1) is 23.4. The fourth-order valence-corrected chi connectivity index (χ4v) is 6.90. The Morgan fingerprint density at radius 1 is 0.854 bits per heavy atom. The molecule has 1 aliphatic heterocycles. The normalized spacial score (nSPS) is 17.4. The van der Waals surface area contributed by atoms with Gasteiger partial charge >= 0.3 is 0 Å². The van der Waals surface area contributed by atoms with Crippen LogP contribution in [0, 0.1) is 17.8 Å². The Morgan fingerprint density at radius 3 is 2.19 bits per heavy atom. The van der Waals surface area contributed by atoms with Gasteiger partial charge in [-0.1, -0.05) is 93.3 Å². The van der Waals surface area contributed by atoms with Gasteiger partial charge < -0.3 is 25.6 Å². The van der Waals surface area contributed by atoms with Crippen molar-refractivity contribution in [2.75, 3.05) is 16.3 Å². The second-order valence-corrected chi connectivity index (χ2v) is 12.9. The van der Waals surface area contributed by atoms with Crippen molar-refractivity contribution in [1.82, 2.24) is 5.32 Å². The highest BCUT2D eigenvalue weighted by Crippen LogP contribution is 2.39. The van der Waals surface area contributed by atoms with Crippen molar-refractivity contribution in [2.24, 2.45) is 23.5 Å². The predicted octanol–water partition coefficient (Wildman–Crippen LogP) is 7.36. The molecule has 0 aromatic heterocycles. The lowest BCUT2D eigenvalue weighted by Crippen LogP contribution is -2.54. The molecule has 1 heterocycles. The van der Waals surface area contributed by atoms with E-state index in [1.165, 1.54) is 0 Å². The third kappa shape index (κ3) is 7.54. The van der Waals surface area contributed by atoms with Crippen LogP contribution in [0.4, 0.5) is 17.1 Å². The van der Waals surface area contributed by atoms with Crippen LogP contribution in [0.5, 0.6) is 11.5 Å². The van der Waals surface area contributed by atoms with Crippen molar-refractivity contribution in [2.45, 2.75) is 58.0 Å². The number of rotatable bonds is 13. The number of benzene rings is 4. The predicted molar refractivity (Wildman–Crippen MR) is 189 cm³/mol. The molecule has 8 heteroatoms. The van der Waals surface area contributed by atoms with Gasteiger partial charge in [0.25, 0.3) is 5.91 Å². The van der Waals surface area contributed by atoms with Gasteiger partial charge in [0.1, 0.15) is 17.5 Å². The third-order valence-corrected chi connectivity index (χ3v) is 9.59. The SMILES string of the molecule is CCC[C@H](C(N)=O)[C@@H](CC1CCC1)C(=O)NC1CN(c2ccccc2)c2ccccc2N(Cc2cccc(Oc3ccccc3)c2)C1=O. The molecule has 0 bridgehead atoms. The quantitative estimate of drug-likeness (QED) is 0.158. The van der Waals surface area contributed by atoms with E-state index >= 15 is 0 Å². The van der Waals surface area contributed by atoms with Gasteiger partial charge in [-0.3, -0.25) is 14.4 Å². The van der Waals surface area contributed by atoms with Gasteiger partial charge in [-0.2, -0.15) is 0 Å². The average molecular weight is 645 g/mol. The number of anilines is 3. The number of para-hydroxylation sites is 4. The van der Waals surface area contributed by atoms with E-state index in [0.717, 1.165) is 54.1 Å². The van der Waals surface area contributed by atoms with Gasteiger partial charge in [0.2, 0.25) is 11.8 Å². The molecule has 1 unspecified atom stereocenters. The summed E-state index contributed by atoms with van der Waals surface area (Å²) in [6.07, 6.45) is 5.09. The standard InChI is InChI=1S/C40H44N4O4/c1-2-13-33(38(41)45)34(25-28-14-11-15-28)39(46)42-35-27-43(30-17-5-3-6-18-30)36-22-9-10-23-37(36)44(40(35)47)26-29-16-12-21-32(24-29)48-31-19-7-4-8-20-31/h3-10,12,16-24,28,33-35H,2,11,13-15,25-27H2,1H3,(H2,41,45)(H,42,46)/t33-,34+,35?/m0/s1. The Hall–Kier alpha value is -5.11. The summed E-state index contributed by atoms with van der Waals surface area (Å²) in [5.74, 6) is -0.360. The molecule has 4 aromatic carbocycles. The van der Waals surface area contributed by atoms with Gasteiger partial charge in [0.05, 0.1) is 24.5 Å². The second-order valence-electron chi connectivity index (χ2n) is 12.9. The topological polar surface area (TPSA) is 105 Å². The summed E-state index contributed by atoms with van der Waals surface area (Å²) >= 11 is 0. The molecular weight excluding hydrogens is 600 g/mol. The zero-order chi connectivity index (χ0) is 33.5. The van der Waals surface area contributed by atoms with E-state index in [1.54, 1.807) is 4.90 Å². The number of carbonyl (C=O) groups is 3. The minimum absolute atomic E-state index is 0.225. The van der Waals surface area contributed by atoms with Crippen LogP contribution in [0.25, 0.3) is 0 Å². The van der Waals surface area contributed by atoms with Crippen molar-refractivity contribution in [3.63, 3.8) is 0 Å². The average Bonchev–Trinajstić information content (AvgIpc) is 3.19. The van der Waals surface area contributed by atoms with E-state index < -0.39 is 23.8 Å². The molecule has 1 saturated carbocycles. The monoisotopic (exact) mass is 644 g/mol. The molecule has 3 atom stereocenters. The highest BCUT2D eigenvalue weighted by atomic mass is 16.5. The van der Waals surface area contributed by atoms with Crippen LogP contribution in [0.1, 0.15) is 51.0 Å². The number of hydrogen-bond donors (Lipinski definition) is 2. The van der Waals surface area contributed by atoms with Crippen molar-refractivity contribution in [1.29, 1.82) is 0 Å². The number of amides is 3. The van der Waals surface area contributed by atoms with E-state index in [1.807, 2.05) is 116 Å². The summed E-state index contributed by atoms with van der Waals surface area (Å²) in [6.45, 7) is 2.49. The zero-order valence-corrected chi connectivity index (χ0v) is 27.5. The number of nitrogens with zero attached hydrogens (tertiary/aromatic N) is 2. The van der Waals surface area contributed by atoms with Crippen molar-refractivity contribution < 1.29 is 19.1 Å². The Bertz CT molecular complexity index is 1710. The molecule has 0 spiro atoms. The summed E-state index contributed by atoms with van der Waals surface area (Å²) in [5, 5.41) is 3.15. The van der Waals surface area contributed by atoms with Gasteiger partial charge in [-0.25, -0.2) is 0 Å². The van der Waals surface area contributed by atoms with Crippen molar-refractivity contribution in [3.05, 3.63) is 115 Å². The first-order valence-corrected chi connectivity index (χ1v) is 17.1. The summed E-state index contributed by atoms with van der Waals surface area (Å²) in [6, 6.07) is 34.1. The van der Waals surface area contributed by atoms with E-state index in [4.69, 9.17) is 10.5 Å². The Morgan fingerprint density at radius 2 is 1.52 bits per heavy atom. The summed E-state index contributed by atoms with van der Waals surface area (Å²) < 4.78 is 6.10. The minimum atomic E-state index is -0.882. The lowest BCUT2D eigenvalue weighted by Gasteiger charge is -2.33. The van der Waals surface area contributed by atoms with Crippen LogP contribution in [0.15, 0.2) is 109 Å². The molecule has 8 nitrogen and oxygen atoms in total. The second kappa shape index (κ2) is 15.2. The molecule has 0 radical (unpaired) electrons. The Kier molecular flexibility index (Phi) is 10.4. The molecule has 1 fully saturated rings. The van der Waals surface area contributed by atoms with Crippen LogP contribution < -0.4 is 25.6 Å². The largest absolute Gasteiger partial charge is 0.457 e. The van der Waals surface area contributed by atoms with Crippen LogP contribution in [0.3, 0.4) is 0 Å². The highest BCUT2D eigenvalue weighted by molar-refractivity contribution is 6.04. The third-order valence-electron chi connectivity index (χ3n) is 9.59. The number of primary amides is 1. The van der Waals surface area contributed by atoms with Gasteiger partial charge in [0.15, 0.2) is 0 Å². The summed E-state index contributed by atoms with van der Waals surface area (Å²) in [4.78, 5) is 45.5. The highest BCUT2D eigenvalue weighted by Gasteiger charge is 2.40. The van der Waals surface area contributed by atoms with E-state index in [0.29, 0.717) is 24.5 Å². The Balaban J connectivity index is 1.35. The van der Waals surface area contributed by atoms with Crippen molar-refractivity contribution >= 4 is 34.8 Å². The fourth-order valence-electron chi connectivity index (χ4n) is 6.90. The molecule has 6 rings (SSSR count). The smallest absolute Gasteiger partial charge is 0.251 e. The number of ether oxygens (including phenoxy) is 1. The molecule has 248 valence electrons. The molecule has 3 amide bonds. The number of nitrogens with two attached hydrogens (primary N) is 1. The first-order valence-electron chi connectivity index (χ1n) is 17.1. The fraction of sp³-hybridized carbons (Fsp3) is 0.325. The van der Waals surface area contributed by atoms with Crippen LogP contribution in [-0.2, 0) is 20.9 Å². The van der Waals surface area contributed by atoms with Crippen molar-refractivity contribution in [3.8, 4) is 11.5 Å². The summed E-state index contributed by atoms with van der Waals surface area (Å²) in [5.41, 5.74) is 9.28. The number of nitrogens with one attached hydrogen (secondary N) is 1. The van der Waals surface area contributed by atoms with E-state index in [2.05, 4.69) is 10.2 Å². The lowest BCUT2D eigenvalue weighted by molar-refractivity contribution is -0.136. The van der Waals surface area contributed by atoms with Gasteiger partial charge in [0, 0.05) is 17.5 Å². The maximum Gasteiger partial charge on any atom is 0.251 e. The number of hydrogen-bond acceptors (Lipinski definition) is 5. The summed E-state index contributed by atoms with van der Waals surface area (Å²) in [7, 11) is 0. The molecule has 4 aromatic rings. The molecule has 0 saturated heterocycles. The molecule has 3 N–H and O–H groups in total. The Labute approximate surface area is 282 Å². The van der Waals surface area contributed by atoms with Crippen LogP contribution in [0.2, 0.25) is 0 Å².